The van der Waals surface area contributed by atoms with Crippen molar-refractivity contribution in [1.82, 2.24) is 10.2 Å². The predicted molar refractivity (Wildman–Crippen MR) is 65.7 cm³/mol. The summed E-state index contributed by atoms with van der Waals surface area (Å²) in [6.07, 6.45) is 2.32. The lowest BCUT2D eigenvalue weighted by Crippen LogP contribution is -2.49. The van der Waals surface area contributed by atoms with Gasteiger partial charge in [0.05, 0.1) is 12.6 Å². The molecule has 2 aliphatic rings. The number of thiophene rings is 1. The number of nitrogens with one attached hydrogen (secondary N) is 1. The van der Waals surface area contributed by atoms with Crippen LogP contribution in [-0.2, 0) is 9.53 Å². The van der Waals surface area contributed by atoms with Gasteiger partial charge < -0.3 is 9.64 Å². The molecule has 1 aliphatic heterocycles. The number of nitrogens with zero attached hydrogens (tertiary/aromatic N) is 1. The van der Waals surface area contributed by atoms with Gasteiger partial charge in [-0.05, 0) is 35.2 Å². The van der Waals surface area contributed by atoms with Crippen LogP contribution in [0.1, 0.15) is 24.6 Å². The number of carbonyl (C=O) groups excluding carboxylic acids is 1. The first kappa shape index (κ1) is 11.2. The van der Waals surface area contributed by atoms with E-state index in [1.807, 2.05) is 4.90 Å². The van der Waals surface area contributed by atoms with E-state index in [9.17, 15) is 4.79 Å². The van der Waals surface area contributed by atoms with Crippen LogP contribution in [0.5, 0.6) is 0 Å². The predicted octanol–water partition coefficient (Wildman–Crippen LogP) is 1.36. The number of methoxy groups -OCH3 is 1. The van der Waals surface area contributed by atoms with Gasteiger partial charge in [0, 0.05) is 13.2 Å². The van der Waals surface area contributed by atoms with Gasteiger partial charge >= 0.3 is 0 Å². The van der Waals surface area contributed by atoms with Crippen LogP contribution in [0, 0.1) is 0 Å². The molecular formula is C12H16N2O2S. The zero-order valence-electron chi connectivity index (χ0n) is 9.76. The Bertz CT molecular complexity index is 401. The summed E-state index contributed by atoms with van der Waals surface area (Å²) in [6.45, 7) is 0.453. The Labute approximate surface area is 105 Å². The molecule has 1 saturated carbocycles. The molecule has 0 spiro atoms. The Kier molecular flexibility index (Phi) is 2.90. The van der Waals surface area contributed by atoms with Gasteiger partial charge in [-0.3, -0.25) is 10.1 Å². The van der Waals surface area contributed by atoms with Crippen LogP contribution >= 0.6 is 11.3 Å². The van der Waals surface area contributed by atoms with Gasteiger partial charge in [0.25, 0.3) is 0 Å². The summed E-state index contributed by atoms with van der Waals surface area (Å²) >= 11 is 1.67. The fourth-order valence-electron chi connectivity index (χ4n) is 2.60. The van der Waals surface area contributed by atoms with E-state index >= 15 is 0 Å². The Balaban J connectivity index is 1.74. The quantitative estimate of drug-likeness (QED) is 0.883. The van der Waals surface area contributed by atoms with Crippen molar-refractivity contribution >= 4 is 17.2 Å². The fourth-order valence-corrected chi connectivity index (χ4v) is 3.28. The van der Waals surface area contributed by atoms with Gasteiger partial charge in [-0.1, -0.05) is 0 Å². The smallest absolute Gasteiger partial charge is 0.238 e. The van der Waals surface area contributed by atoms with Crippen LogP contribution in [-0.4, -0.2) is 36.6 Å². The molecule has 4 nitrogen and oxygen atoms in total. The average molecular weight is 252 g/mol. The first-order valence-corrected chi connectivity index (χ1v) is 6.83. The van der Waals surface area contributed by atoms with Crippen molar-refractivity contribution in [2.45, 2.75) is 31.2 Å². The summed E-state index contributed by atoms with van der Waals surface area (Å²) in [5.74, 6) is 0.209. The molecule has 2 fully saturated rings. The van der Waals surface area contributed by atoms with Crippen molar-refractivity contribution in [3.05, 3.63) is 22.4 Å². The molecule has 1 amide bonds. The third-order valence-electron chi connectivity index (χ3n) is 3.67. The summed E-state index contributed by atoms with van der Waals surface area (Å²) in [5.41, 5.74) is 1.20. The zero-order valence-corrected chi connectivity index (χ0v) is 10.6. The van der Waals surface area contributed by atoms with Crippen LogP contribution in [0.3, 0.4) is 0 Å². The third kappa shape index (κ3) is 1.88. The molecule has 1 aliphatic carbocycles. The normalized spacial score (nSPS) is 32.9. The largest absolute Gasteiger partial charge is 0.381 e. The molecule has 5 heteroatoms. The van der Waals surface area contributed by atoms with Crippen molar-refractivity contribution < 1.29 is 9.53 Å². The monoisotopic (exact) mass is 252 g/mol. The van der Waals surface area contributed by atoms with E-state index in [2.05, 4.69) is 22.1 Å². The standard InChI is InChI=1S/C12H16N2O2S/c1-16-10-4-9(5-10)14-11(15)6-13-12(14)8-2-3-17-7-8/h2-3,7,9-10,12-13H,4-6H2,1H3. The highest BCUT2D eigenvalue weighted by Gasteiger charge is 2.43. The second-order valence-electron chi connectivity index (χ2n) is 4.62. The molecule has 3 rings (SSSR count). The van der Waals surface area contributed by atoms with Gasteiger partial charge in [-0.2, -0.15) is 11.3 Å². The molecule has 1 unspecified atom stereocenters. The van der Waals surface area contributed by atoms with Crippen molar-refractivity contribution in [3.63, 3.8) is 0 Å². The maximum atomic E-state index is 11.9. The maximum Gasteiger partial charge on any atom is 0.238 e. The lowest BCUT2D eigenvalue weighted by Gasteiger charge is -2.42. The van der Waals surface area contributed by atoms with E-state index in [4.69, 9.17) is 4.74 Å². The van der Waals surface area contributed by atoms with Crippen molar-refractivity contribution in [3.8, 4) is 0 Å². The van der Waals surface area contributed by atoms with Crippen LogP contribution in [0.25, 0.3) is 0 Å². The molecule has 0 aromatic carbocycles. The van der Waals surface area contributed by atoms with Gasteiger partial charge in [0.15, 0.2) is 0 Å². The van der Waals surface area contributed by atoms with E-state index in [0.29, 0.717) is 18.7 Å². The highest BCUT2D eigenvalue weighted by Crippen LogP contribution is 2.35. The minimum absolute atomic E-state index is 0.0663. The lowest BCUT2D eigenvalue weighted by atomic mass is 9.87. The molecule has 1 atom stereocenters. The molecule has 17 heavy (non-hydrogen) atoms. The van der Waals surface area contributed by atoms with Crippen LogP contribution in [0.4, 0.5) is 0 Å². The highest BCUT2D eigenvalue weighted by atomic mass is 32.1. The van der Waals surface area contributed by atoms with Crippen LogP contribution in [0.2, 0.25) is 0 Å². The maximum absolute atomic E-state index is 11.9. The van der Waals surface area contributed by atoms with E-state index < -0.39 is 0 Å². The average Bonchev–Trinajstić information content (AvgIpc) is 2.87. The van der Waals surface area contributed by atoms with Crippen molar-refractivity contribution in [1.29, 1.82) is 0 Å². The van der Waals surface area contributed by atoms with Crippen molar-refractivity contribution in [2.75, 3.05) is 13.7 Å². The summed E-state index contributed by atoms with van der Waals surface area (Å²) in [5, 5.41) is 7.44. The first-order chi connectivity index (χ1) is 8.29. The number of amides is 1. The first-order valence-electron chi connectivity index (χ1n) is 5.89. The molecule has 1 aromatic heterocycles. The summed E-state index contributed by atoms with van der Waals surface area (Å²) in [6, 6.07) is 2.42. The van der Waals surface area contributed by atoms with Gasteiger partial charge in [0.1, 0.15) is 6.17 Å². The molecular weight excluding hydrogens is 236 g/mol. The third-order valence-corrected chi connectivity index (χ3v) is 4.37. The second-order valence-corrected chi connectivity index (χ2v) is 5.40. The topological polar surface area (TPSA) is 41.6 Å². The number of hydrogen-bond acceptors (Lipinski definition) is 4. The van der Waals surface area contributed by atoms with Gasteiger partial charge in [-0.15, -0.1) is 0 Å². The molecule has 0 radical (unpaired) electrons. The molecule has 2 heterocycles. The Morgan fingerprint density at radius 2 is 2.35 bits per heavy atom. The molecule has 0 bridgehead atoms. The van der Waals surface area contributed by atoms with Gasteiger partial charge in [-0.25, -0.2) is 0 Å². The minimum atomic E-state index is 0.0663. The Hall–Kier alpha value is -0.910. The number of ether oxygens (including phenoxy) is 1. The number of carbonyl (C=O) groups is 1. The summed E-state index contributed by atoms with van der Waals surface area (Å²) < 4.78 is 5.28. The number of rotatable bonds is 3. The zero-order chi connectivity index (χ0) is 11.8. The molecule has 1 aromatic rings. The fraction of sp³-hybridized carbons (Fsp3) is 0.583. The SMILES string of the molecule is COC1CC(N2C(=O)CNC2c2ccsc2)C1. The summed E-state index contributed by atoms with van der Waals surface area (Å²) in [4.78, 5) is 13.9. The van der Waals surface area contributed by atoms with E-state index in [1.165, 1.54) is 5.56 Å². The molecule has 1 N–H and O–H groups in total. The Morgan fingerprint density at radius 3 is 3.00 bits per heavy atom. The van der Waals surface area contributed by atoms with E-state index in [0.717, 1.165) is 12.8 Å². The minimum Gasteiger partial charge on any atom is -0.381 e. The van der Waals surface area contributed by atoms with Crippen LogP contribution < -0.4 is 5.32 Å². The van der Waals surface area contributed by atoms with Crippen molar-refractivity contribution in [2.24, 2.45) is 0 Å². The lowest BCUT2D eigenvalue weighted by molar-refractivity contribution is -0.135. The molecule has 1 saturated heterocycles. The summed E-state index contributed by atoms with van der Waals surface area (Å²) in [7, 11) is 1.74. The Morgan fingerprint density at radius 1 is 1.53 bits per heavy atom. The highest BCUT2D eigenvalue weighted by molar-refractivity contribution is 7.07. The number of hydrogen-bond donors (Lipinski definition) is 1. The van der Waals surface area contributed by atoms with Gasteiger partial charge in [0.2, 0.25) is 5.91 Å². The second kappa shape index (κ2) is 4.40. The van der Waals surface area contributed by atoms with Crippen LogP contribution in [0.15, 0.2) is 16.8 Å². The van der Waals surface area contributed by atoms with E-state index in [1.54, 1.807) is 18.4 Å². The molecule has 92 valence electrons. The van der Waals surface area contributed by atoms with E-state index in [-0.39, 0.29) is 12.1 Å².